The topological polar surface area (TPSA) is 58.2 Å². The molecule has 2 aliphatic rings. The lowest BCUT2D eigenvalue weighted by atomic mass is 10.3. The lowest BCUT2D eigenvalue weighted by Gasteiger charge is -2.16. The average Bonchev–Trinajstić information content (AvgIpc) is 2.51. The molecule has 0 aromatic rings. The van der Waals surface area contributed by atoms with Crippen LogP contribution in [0.2, 0.25) is 0 Å². The summed E-state index contributed by atoms with van der Waals surface area (Å²) < 4.78 is 27.3. The molecule has 2 rings (SSSR count). The molecule has 1 fully saturated rings. The first kappa shape index (κ1) is 16.2. The van der Waals surface area contributed by atoms with Gasteiger partial charge < -0.3 is 29.0 Å². The first-order chi connectivity index (χ1) is 10.4. The van der Waals surface area contributed by atoms with Crippen LogP contribution in [0, 0.1) is 0 Å². The SMILES string of the molecule is C1=CC=C2COCCOCCOCCOCCOCC=1N2. The van der Waals surface area contributed by atoms with Crippen LogP contribution in [0.15, 0.2) is 29.3 Å². The maximum absolute atomic E-state index is 5.55. The summed E-state index contributed by atoms with van der Waals surface area (Å²) in [5.74, 6) is 0. The van der Waals surface area contributed by atoms with Gasteiger partial charge in [0.1, 0.15) is 0 Å². The van der Waals surface area contributed by atoms with Gasteiger partial charge in [-0.3, -0.25) is 0 Å². The van der Waals surface area contributed by atoms with E-state index in [1.165, 1.54) is 0 Å². The van der Waals surface area contributed by atoms with Crippen molar-refractivity contribution >= 4 is 0 Å². The monoisotopic (exact) mass is 297 g/mol. The second-order valence-electron chi connectivity index (χ2n) is 4.55. The molecule has 0 radical (unpaired) electrons. The van der Waals surface area contributed by atoms with Gasteiger partial charge in [0.25, 0.3) is 0 Å². The van der Waals surface area contributed by atoms with Crippen molar-refractivity contribution < 1.29 is 23.7 Å². The van der Waals surface area contributed by atoms with Crippen molar-refractivity contribution in [2.45, 2.75) is 0 Å². The van der Waals surface area contributed by atoms with Gasteiger partial charge in [0.2, 0.25) is 0 Å². The maximum Gasteiger partial charge on any atom is 0.0942 e. The van der Waals surface area contributed by atoms with Crippen molar-refractivity contribution in [1.29, 1.82) is 0 Å². The Labute approximate surface area is 125 Å². The largest absolute Gasteiger partial charge is 0.377 e. The first-order valence-electron chi connectivity index (χ1n) is 7.25. The van der Waals surface area contributed by atoms with Crippen molar-refractivity contribution in [3.63, 3.8) is 0 Å². The van der Waals surface area contributed by atoms with Gasteiger partial charge in [0.15, 0.2) is 0 Å². The highest BCUT2D eigenvalue weighted by Gasteiger charge is 2.05. The third kappa shape index (κ3) is 7.43. The van der Waals surface area contributed by atoms with Crippen LogP contribution >= 0.6 is 0 Å². The fraction of sp³-hybridized carbons (Fsp3) is 0.667. The van der Waals surface area contributed by atoms with E-state index >= 15 is 0 Å². The summed E-state index contributed by atoms with van der Waals surface area (Å²) in [4.78, 5) is 0. The first-order valence-corrected chi connectivity index (χ1v) is 7.25. The molecule has 118 valence electrons. The maximum atomic E-state index is 5.55. The zero-order chi connectivity index (χ0) is 14.6. The zero-order valence-corrected chi connectivity index (χ0v) is 12.3. The van der Waals surface area contributed by atoms with Gasteiger partial charge in [0.05, 0.1) is 71.8 Å². The number of rotatable bonds is 0. The standard InChI is InChI=1S/C15H23NO5/c1-2-14-12-20-10-8-18-6-4-17-5-7-19-9-11-21-13-15(3-1)16-14/h1-2,16H,4-13H2. The van der Waals surface area contributed by atoms with Crippen LogP contribution in [0.5, 0.6) is 0 Å². The number of allylic oxidation sites excluding steroid dienone is 1. The summed E-state index contributed by atoms with van der Waals surface area (Å²) in [6.45, 7) is 5.52. The number of fused-ring (bicyclic) bond motifs is 2. The Balaban J connectivity index is 1.73. The van der Waals surface area contributed by atoms with Gasteiger partial charge in [0, 0.05) is 5.70 Å². The second kappa shape index (κ2) is 10.6. The van der Waals surface area contributed by atoms with E-state index in [2.05, 4.69) is 11.0 Å². The Morgan fingerprint density at radius 2 is 1.24 bits per heavy atom. The van der Waals surface area contributed by atoms with Gasteiger partial charge in [-0.05, 0) is 12.2 Å². The predicted octanol–water partition coefficient (Wildman–Crippen LogP) is 0.609. The van der Waals surface area contributed by atoms with Crippen LogP contribution in [0.25, 0.3) is 0 Å². The van der Waals surface area contributed by atoms with Crippen LogP contribution in [0.1, 0.15) is 0 Å². The van der Waals surface area contributed by atoms with Crippen LogP contribution in [-0.4, -0.2) is 66.1 Å². The lowest BCUT2D eigenvalue weighted by Crippen LogP contribution is -2.23. The molecule has 21 heavy (non-hydrogen) atoms. The molecule has 2 aliphatic heterocycles. The van der Waals surface area contributed by atoms with Crippen molar-refractivity contribution in [3.05, 3.63) is 29.3 Å². The average molecular weight is 297 g/mol. The van der Waals surface area contributed by atoms with Crippen molar-refractivity contribution in [2.24, 2.45) is 0 Å². The quantitative estimate of drug-likeness (QED) is 0.661. The third-order valence-electron chi connectivity index (χ3n) is 2.85. The molecule has 0 aromatic carbocycles. The van der Waals surface area contributed by atoms with Crippen LogP contribution < -0.4 is 5.32 Å². The molecular formula is C15H23NO5. The fourth-order valence-electron chi connectivity index (χ4n) is 1.81. The Hall–Kier alpha value is -1.14. The Morgan fingerprint density at radius 3 is 1.86 bits per heavy atom. The van der Waals surface area contributed by atoms with Gasteiger partial charge in [-0.2, -0.15) is 0 Å². The molecule has 0 spiro atoms. The molecule has 1 N–H and O–H groups in total. The lowest BCUT2D eigenvalue weighted by molar-refractivity contribution is -0.00955. The minimum absolute atomic E-state index is 0.483. The molecule has 1 saturated heterocycles. The second-order valence-corrected chi connectivity index (χ2v) is 4.55. The normalized spacial score (nSPS) is 23.2. The van der Waals surface area contributed by atoms with Crippen LogP contribution in [-0.2, 0) is 23.7 Å². The molecule has 0 aliphatic carbocycles. The van der Waals surface area contributed by atoms with E-state index in [9.17, 15) is 0 Å². The van der Waals surface area contributed by atoms with Crippen molar-refractivity contribution in [1.82, 2.24) is 5.32 Å². The predicted molar refractivity (Wildman–Crippen MR) is 76.9 cm³/mol. The molecule has 0 amide bonds. The highest BCUT2D eigenvalue weighted by atomic mass is 16.6. The van der Waals surface area contributed by atoms with E-state index in [1.54, 1.807) is 0 Å². The van der Waals surface area contributed by atoms with E-state index in [-0.39, 0.29) is 0 Å². The number of ether oxygens (including phenoxy) is 5. The Bertz CT molecular complexity index is 388. The third-order valence-corrected chi connectivity index (χ3v) is 2.85. The van der Waals surface area contributed by atoms with Gasteiger partial charge in [-0.25, -0.2) is 0 Å². The van der Waals surface area contributed by atoms with Crippen molar-refractivity contribution in [3.8, 4) is 0 Å². The molecular weight excluding hydrogens is 274 g/mol. The molecule has 0 aromatic heterocycles. The molecule has 6 heteroatoms. The molecule has 0 unspecified atom stereocenters. The summed E-state index contributed by atoms with van der Waals surface area (Å²) >= 11 is 0. The van der Waals surface area contributed by atoms with E-state index in [0.717, 1.165) is 11.4 Å². The Morgan fingerprint density at radius 1 is 0.714 bits per heavy atom. The molecule has 0 saturated carbocycles. The highest BCUT2D eigenvalue weighted by molar-refractivity contribution is 5.23. The summed E-state index contributed by atoms with van der Waals surface area (Å²) in [7, 11) is 0. The van der Waals surface area contributed by atoms with Gasteiger partial charge >= 0.3 is 0 Å². The smallest absolute Gasteiger partial charge is 0.0942 e. The molecule has 2 heterocycles. The van der Waals surface area contributed by atoms with E-state index < -0.39 is 0 Å². The van der Waals surface area contributed by atoms with Crippen LogP contribution in [0.3, 0.4) is 0 Å². The minimum Gasteiger partial charge on any atom is -0.377 e. The number of hydrogen-bond donors (Lipinski definition) is 1. The van der Waals surface area contributed by atoms with Crippen molar-refractivity contribution in [2.75, 3.05) is 66.1 Å². The molecule has 2 bridgehead atoms. The summed E-state index contributed by atoms with van der Waals surface area (Å²) in [6.07, 6.45) is 3.82. The van der Waals surface area contributed by atoms with Crippen LogP contribution in [0.4, 0.5) is 0 Å². The minimum atomic E-state index is 0.483. The van der Waals surface area contributed by atoms with Gasteiger partial charge in [-0.15, -0.1) is 0 Å². The highest BCUT2D eigenvalue weighted by Crippen LogP contribution is 2.03. The summed E-state index contributed by atoms with van der Waals surface area (Å²) in [6, 6.07) is 0. The zero-order valence-electron chi connectivity index (χ0n) is 12.3. The Kier molecular flexibility index (Phi) is 8.17. The number of hydrogen-bond acceptors (Lipinski definition) is 6. The van der Waals surface area contributed by atoms with E-state index in [4.69, 9.17) is 23.7 Å². The summed E-state index contributed by atoms with van der Waals surface area (Å²) in [5, 5.41) is 3.24. The summed E-state index contributed by atoms with van der Waals surface area (Å²) in [5.41, 5.74) is 5.00. The van der Waals surface area contributed by atoms with E-state index in [0.29, 0.717) is 66.1 Å². The molecule has 6 nitrogen and oxygen atoms in total. The molecule has 0 atom stereocenters. The van der Waals surface area contributed by atoms with E-state index in [1.807, 2.05) is 12.2 Å². The van der Waals surface area contributed by atoms with Gasteiger partial charge in [-0.1, -0.05) is 5.73 Å². The number of nitrogens with one attached hydrogen (secondary N) is 1. The fourth-order valence-corrected chi connectivity index (χ4v) is 1.81.